The second-order valence-corrected chi connectivity index (χ2v) is 7.08. The summed E-state index contributed by atoms with van der Waals surface area (Å²) in [6.45, 7) is 7.22. The first-order chi connectivity index (χ1) is 9.45. The van der Waals surface area contributed by atoms with Crippen molar-refractivity contribution >= 4 is 22.8 Å². The van der Waals surface area contributed by atoms with E-state index in [0.29, 0.717) is 25.4 Å². The van der Waals surface area contributed by atoms with Gasteiger partial charge in [0.25, 0.3) is 0 Å². The second-order valence-electron chi connectivity index (χ2n) is 5.61. The summed E-state index contributed by atoms with van der Waals surface area (Å²) in [6, 6.07) is 8.44. The van der Waals surface area contributed by atoms with Gasteiger partial charge in [0.1, 0.15) is 0 Å². The molecule has 2 rings (SSSR count). The number of thioether (sulfide) groups is 1. The Hall–Kier alpha value is -1.29. The SMILES string of the molecule is CC(=O)SC1CC(=O)N(Cc2ccc(C(C)C)cc2)C1. The third-order valence-electron chi connectivity index (χ3n) is 3.53. The molecule has 1 amide bonds. The quantitative estimate of drug-likeness (QED) is 0.855. The van der Waals surface area contributed by atoms with Crippen molar-refractivity contribution in [3.63, 3.8) is 0 Å². The smallest absolute Gasteiger partial charge is 0.224 e. The van der Waals surface area contributed by atoms with Crippen molar-refractivity contribution in [3.05, 3.63) is 35.4 Å². The Morgan fingerprint density at radius 1 is 1.35 bits per heavy atom. The van der Waals surface area contributed by atoms with Crippen LogP contribution in [0.3, 0.4) is 0 Å². The Bertz CT molecular complexity index is 496. The fraction of sp³-hybridized carbons (Fsp3) is 0.500. The summed E-state index contributed by atoms with van der Waals surface area (Å²) in [5.74, 6) is 0.672. The Morgan fingerprint density at radius 3 is 2.55 bits per heavy atom. The summed E-state index contributed by atoms with van der Waals surface area (Å²) in [5, 5.41) is 0.209. The van der Waals surface area contributed by atoms with Gasteiger partial charge in [0.15, 0.2) is 5.12 Å². The third-order valence-corrected chi connectivity index (χ3v) is 4.51. The molecule has 1 atom stereocenters. The number of rotatable bonds is 4. The van der Waals surface area contributed by atoms with Gasteiger partial charge in [0.2, 0.25) is 5.91 Å². The van der Waals surface area contributed by atoms with Crippen molar-refractivity contribution in [1.82, 2.24) is 4.90 Å². The molecule has 0 aliphatic carbocycles. The summed E-state index contributed by atoms with van der Waals surface area (Å²) in [4.78, 5) is 24.9. The van der Waals surface area contributed by atoms with Gasteiger partial charge in [-0.3, -0.25) is 9.59 Å². The lowest BCUT2D eigenvalue weighted by Gasteiger charge is -2.17. The van der Waals surface area contributed by atoms with E-state index in [1.807, 2.05) is 4.90 Å². The molecule has 0 aromatic heterocycles. The van der Waals surface area contributed by atoms with Crippen LogP contribution in [0.2, 0.25) is 0 Å². The highest BCUT2D eigenvalue weighted by atomic mass is 32.2. The van der Waals surface area contributed by atoms with Gasteiger partial charge in [-0.15, -0.1) is 0 Å². The number of amides is 1. The third kappa shape index (κ3) is 3.85. The zero-order valence-corrected chi connectivity index (χ0v) is 13.1. The number of likely N-dealkylation sites (tertiary alicyclic amines) is 1. The van der Waals surface area contributed by atoms with Gasteiger partial charge < -0.3 is 4.90 Å². The molecular weight excluding hydrogens is 270 g/mol. The van der Waals surface area contributed by atoms with Gasteiger partial charge in [-0.05, 0) is 17.0 Å². The van der Waals surface area contributed by atoms with Crippen LogP contribution in [-0.4, -0.2) is 27.7 Å². The van der Waals surface area contributed by atoms with E-state index in [2.05, 4.69) is 38.1 Å². The molecule has 20 heavy (non-hydrogen) atoms. The first-order valence-corrected chi connectivity index (χ1v) is 7.87. The molecule has 1 unspecified atom stereocenters. The average Bonchev–Trinajstić information content (AvgIpc) is 2.69. The van der Waals surface area contributed by atoms with E-state index >= 15 is 0 Å². The molecule has 0 radical (unpaired) electrons. The van der Waals surface area contributed by atoms with Crippen LogP contribution in [-0.2, 0) is 16.1 Å². The fourth-order valence-corrected chi connectivity index (χ4v) is 3.38. The molecule has 1 aromatic carbocycles. The van der Waals surface area contributed by atoms with E-state index in [4.69, 9.17) is 0 Å². The highest BCUT2D eigenvalue weighted by Crippen LogP contribution is 2.25. The van der Waals surface area contributed by atoms with E-state index < -0.39 is 0 Å². The zero-order chi connectivity index (χ0) is 14.7. The molecule has 3 nitrogen and oxygen atoms in total. The van der Waals surface area contributed by atoms with Crippen LogP contribution in [0.15, 0.2) is 24.3 Å². The minimum Gasteiger partial charge on any atom is -0.337 e. The van der Waals surface area contributed by atoms with Crippen LogP contribution in [0.5, 0.6) is 0 Å². The fourth-order valence-electron chi connectivity index (χ4n) is 2.43. The number of hydrogen-bond donors (Lipinski definition) is 0. The predicted octanol–water partition coefficient (Wildman–Crippen LogP) is 3.19. The summed E-state index contributed by atoms with van der Waals surface area (Å²) in [6.07, 6.45) is 0.480. The van der Waals surface area contributed by atoms with Crippen molar-refractivity contribution in [3.8, 4) is 0 Å². The highest BCUT2D eigenvalue weighted by molar-refractivity contribution is 8.14. The van der Waals surface area contributed by atoms with E-state index in [9.17, 15) is 9.59 Å². The molecule has 1 fully saturated rings. The molecule has 0 saturated carbocycles. The van der Waals surface area contributed by atoms with Gasteiger partial charge in [-0.1, -0.05) is 49.9 Å². The molecule has 0 N–H and O–H groups in total. The lowest BCUT2D eigenvalue weighted by atomic mass is 10.0. The predicted molar refractivity (Wildman–Crippen MR) is 82.6 cm³/mol. The number of nitrogens with zero attached hydrogens (tertiary/aromatic N) is 1. The van der Waals surface area contributed by atoms with Crippen LogP contribution in [0.1, 0.15) is 44.2 Å². The minimum absolute atomic E-state index is 0.0888. The van der Waals surface area contributed by atoms with Crippen LogP contribution >= 0.6 is 11.8 Å². The molecule has 4 heteroatoms. The molecule has 1 saturated heterocycles. The maximum Gasteiger partial charge on any atom is 0.224 e. The Balaban J connectivity index is 1.96. The van der Waals surface area contributed by atoms with Gasteiger partial charge in [0, 0.05) is 31.7 Å². The van der Waals surface area contributed by atoms with Gasteiger partial charge in [-0.2, -0.15) is 0 Å². The summed E-state index contributed by atoms with van der Waals surface area (Å²) >= 11 is 1.29. The molecular formula is C16H21NO2S. The lowest BCUT2D eigenvalue weighted by Crippen LogP contribution is -2.25. The first kappa shape index (κ1) is 15.1. The van der Waals surface area contributed by atoms with E-state index in [-0.39, 0.29) is 16.3 Å². The van der Waals surface area contributed by atoms with Gasteiger partial charge >= 0.3 is 0 Å². The maximum absolute atomic E-state index is 11.9. The van der Waals surface area contributed by atoms with E-state index in [1.165, 1.54) is 17.3 Å². The van der Waals surface area contributed by atoms with Gasteiger partial charge in [-0.25, -0.2) is 0 Å². The Labute approximate surface area is 124 Å². The Kier molecular flexibility index (Phi) is 4.86. The topological polar surface area (TPSA) is 37.4 Å². The average molecular weight is 291 g/mol. The molecule has 1 aliphatic heterocycles. The largest absolute Gasteiger partial charge is 0.337 e. The zero-order valence-electron chi connectivity index (χ0n) is 12.3. The molecule has 0 spiro atoms. The van der Waals surface area contributed by atoms with Crippen LogP contribution in [0.25, 0.3) is 0 Å². The molecule has 1 aromatic rings. The van der Waals surface area contributed by atoms with Crippen LogP contribution < -0.4 is 0 Å². The molecule has 108 valence electrons. The standard InChI is InChI=1S/C16H21NO2S/c1-11(2)14-6-4-13(5-7-14)9-17-10-15(8-16(17)19)20-12(3)18/h4-7,11,15H,8-10H2,1-3H3. The van der Waals surface area contributed by atoms with Crippen molar-refractivity contribution < 1.29 is 9.59 Å². The highest BCUT2D eigenvalue weighted by Gasteiger charge is 2.30. The number of carbonyl (C=O) groups excluding carboxylic acids is 2. The number of benzene rings is 1. The monoisotopic (exact) mass is 291 g/mol. The van der Waals surface area contributed by atoms with Crippen molar-refractivity contribution in [2.75, 3.05) is 6.54 Å². The molecule has 1 heterocycles. The van der Waals surface area contributed by atoms with E-state index in [0.717, 1.165) is 5.56 Å². The Morgan fingerprint density at radius 2 is 2.00 bits per heavy atom. The lowest BCUT2D eigenvalue weighted by molar-refractivity contribution is -0.128. The van der Waals surface area contributed by atoms with Crippen LogP contribution in [0, 0.1) is 0 Å². The van der Waals surface area contributed by atoms with Gasteiger partial charge in [0.05, 0.1) is 0 Å². The molecule has 1 aliphatic rings. The minimum atomic E-state index is 0.0888. The number of carbonyl (C=O) groups is 2. The van der Waals surface area contributed by atoms with Crippen molar-refractivity contribution in [2.45, 2.75) is 44.9 Å². The normalized spacial score (nSPS) is 18.9. The van der Waals surface area contributed by atoms with Crippen molar-refractivity contribution in [1.29, 1.82) is 0 Å². The summed E-state index contributed by atoms with van der Waals surface area (Å²) < 4.78 is 0. The molecule has 0 bridgehead atoms. The summed E-state index contributed by atoms with van der Waals surface area (Å²) in [7, 11) is 0. The van der Waals surface area contributed by atoms with E-state index in [1.54, 1.807) is 6.92 Å². The number of hydrogen-bond acceptors (Lipinski definition) is 3. The van der Waals surface area contributed by atoms with Crippen molar-refractivity contribution in [2.24, 2.45) is 0 Å². The first-order valence-electron chi connectivity index (χ1n) is 6.99. The summed E-state index contributed by atoms with van der Waals surface area (Å²) in [5.41, 5.74) is 2.46. The maximum atomic E-state index is 11.9. The van der Waals surface area contributed by atoms with Crippen LogP contribution in [0.4, 0.5) is 0 Å². The second kappa shape index (κ2) is 6.44.